The van der Waals surface area contributed by atoms with E-state index in [1.807, 2.05) is 18.2 Å². The maximum Gasteiger partial charge on any atom is 0.312 e. The van der Waals surface area contributed by atoms with E-state index in [2.05, 4.69) is 19.0 Å². The van der Waals surface area contributed by atoms with E-state index < -0.39 is 5.97 Å². The number of benzene rings is 1. The predicted octanol–water partition coefficient (Wildman–Crippen LogP) is 2.42. The highest BCUT2D eigenvalue weighted by Gasteiger charge is 2.26. The van der Waals surface area contributed by atoms with Crippen LogP contribution in [-0.4, -0.2) is 41.6 Å². The van der Waals surface area contributed by atoms with Gasteiger partial charge in [-0.2, -0.15) is 0 Å². The Labute approximate surface area is 140 Å². The van der Waals surface area contributed by atoms with Crippen LogP contribution in [0.15, 0.2) is 28.8 Å². The van der Waals surface area contributed by atoms with Gasteiger partial charge in [-0.15, -0.1) is 0 Å². The van der Waals surface area contributed by atoms with Gasteiger partial charge in [0, 0.05) is 18.5 Å². The standard InChI is InChI=1S/C18H22N2O4/c1-12-7-13(2)10-20(9-12)17(21)11-23-18(22)8-15-14-5-3-4-6-16(14)24-19-15/h3-6,12-13H,7-11H2,1-2H3/t12-,13-/m0/s1. The number of carbonyl (C=O) groups excluding carboxylic acids is 2. The average molecular weight is 330 g/mol. The summed E-state index contributed by atoms with van der Waals surface area (Å²) in [6, 6.07) is 7.33. The molecule has 6 nitrogen and oxygen atoms in total. The molecule has 1 saturated heterocycles. The van der Waals surface area contributed by atoms with Gasteiger partial charge in [0.1, 0.15) is 5.69 Å². The molecule has 24 heavy (non-hydrogen) atoms. The second kappa shape index (κ2) is 7.03. The van der Waals surface area contributed by atoms with Crippen molar-refractivity contribution in [2.75, 3.05) is 19.7 Å². The van der Waals surface area contributed by atoms with E-state index in [9.17, 15) is 9.59 Å². The zero-order chi connectivity index (χ0) is 17.1. The van der Waals surface area contributed by atoms with Gasteiger partial charge < -0.3 is 14.2 Å². The highest BCUT2D eigenvalue weighted by atomic mass is 16.5. The maximum absolute atomic E-state index is 12.2. The number of nitrogens with zero attached hydrogens (tertiary/aromatic N) is 2. The monoisotopic (exact) mass is 330 g/mol. The van der Waals surface area contributed by atoms with Crippen LogP contribution in [0.2, 0.25) is 0 Å². The van der Waals surface area contributed by atoms with Gasteiger partial charge >= 0.3 is 5.97 Å². The minimum absolute atomic E-state index is 0.00288. The van der Waals surface area contributed by atoms with Crippen LogP contribution in [0.25, 0.3) is 11.0 Å². The van der Waals surface area contributed by atoms with E-state index >= 15 is 0 Å². The van der Waals surface area contributed by atoms with Gasteiger partial charge in [-0.25, -0.2) is 0 Å². The second-order valence-electron chi connectivity index (χ2n) is 6.71. The number of para-hydroxylation sites is 1. The highest BCUT2D eigenvalue weighted by Crippen LogP contribution is 2.21. The number of fused-ring (bicyclic) bond motifs is 1. The molecule has 0 radical (unpaired) electrons. The summed E-state index contributed by atoms with van der Waals surface area (Å²) in [4.78, 5) is 26.0. The molecular weight excluding hydrogens is 308 g/mol. The molecule has 0 bridgehead atoms. The number of piperidine rings is 1. The Hall–Kier alpha value is -2.37. The zero-order valence-corrected chi connectivity index (χ0v) is 14.0. The van der Waals surface area contributed by atoms with Crippen molar-refractivity contribution in [3.8, 4) is 0 Å². The molecule has 3 rings (SSSR count). The Bertz CT molecular complexity index is 729. The van der Waals surface area contributed by atoms with E-state index in [0.717, 1.165) is 24.9 Å². The number of esters is 1. The molecule has 1 aromatic heterocycles. The van der Waals surface area contributed by atoms with Gasteiger partial charge in [0.15, 0.2) is 12.2 Å². The molecule has 128 valence electrons. The fraction of sp³-hybridized carbons (Fsp3) is 0.500. The fourth-order valence-corrected chi connectivity index (χ4v) is 3.35. The first kappa shape index (κ1) is 16.5. The first-order chi connectivity index (χ1) is 11.5. The number of ether oxygens (including phenoxy) is 1. The summed E-state index contributed by atoms with van der Waals surface area (Å²) in [5.74, 6) is 0.358. The van der Waals surface area contributed by atoms with Crippen molar-refractivity contribution in [3.05, 3.63) is 30.0 Å². The average Bonchev–Trinajstić information content (AvgIpc) is 2.95. The Morgan fingerprint density at radius 3 is 2.71 bits per heavy atom. The van der Waals surface area contributed by atoms with Crippen LogP contribution in [0, 0.1) is 11.8 Å². The molecule has 0 unspecified atom stereocenters. The minimum atomic E-state index is -0.472. The lowest BCUT2D eigenvalue weighted by Crippen LogP contribution is -2.44. The molecule has 1 aliphatic rings. The van der Waals surface area contributed by atoms with E-state index in [1.54, 1.807) is 11.0 Å². The molecule has 0 aliphatic carbocycles. The number of likely N-dealkylation sites (tertiary alicyclic amines) is 1. The zero-order valence-electron chi connectivity index (χ0n) is 14.0. The topological polar surface area (TPSA) is 72.6 Å². The molecule has 0 N–H and O–H groups in total. The molecule has 2 aromatic rings. The van der Waals surface area contributed by atoms with Gasteiger partial charge in [0.25, 0.3) is 5.91 Å². The second-order valence-corrected chi connectivity index (χ2v) is 6.71. The van der Waals surface area contributed by atoms with Gasteiger partial charge in [0.2, 0.25) is 0 Å². The van der Waals surface area contributed by atoms with Crippen molar-refractivity contribution in [2.45, 2.75) is 26.7 Å². The van der Waals surface area contributed by atoms with Gasteiger partial charge in [-0.3, -0.25) is 9.59 Å². The van der Waals surface area contributed by atoms with E-state index in [-0.39, 0.29) is 18.9 Å². The third-order valence-corrected chi connectivity index (χ3v) is 4.34. The lowest BCUT2D eigenvalue weighted by molar-refractivity contribution is -0.152. The van der Waals surface area contributed by atoms with Crippen molar-refractivity contribution < 1.29 is 18.8 Å². The number of hydrogen-bond donors (Lipinski definition) is 0. The van der Waals surface area contributed by atoms with Gasteiger partial charge in [-0.05, 0) is 30.4 Å². The summed E-state index contributed by atoms with van der Waals surface area (Å²) in [5.41, 5.74) is 1.16. The van der Waals surface area contributed by atoms with Crippen LogP contribution in [0.3, 0.4) is 0 Å². The van der Waals surface area contributed by atoms with Crippen molar-refractivity contribution in [1.29, 1.82) is 0 Å². The van der Waals surface area contributed by atoms with Gasteiger partial charge in [-0.1, -0.05) is 31.1 Å². The fourth-order valence-electron chi connectivity index (χ4n) is 3.35. The van der Waals surface area contributed by atoms with Crippen LogP contribution in [0.4, 0.5) is 0 Å². The Kier molecular flexibility index (Phi) is 4.83. The third-order valence-electron chi connectivity index (χ3n) is 4.34. The normalized spacial score (nSPS) is 21.0. The molecule has 1 aliphatic heterocycles. The smallest absolute Gasteiger partial charge is 0.312 e. The molecule has 0 saturated carbocycles. The SMILES string of the molecule is C[C@H]1C[C@H](C)CN(C(=O)COC(=O)Cc2noc3ccccc23)C1. The largest absolute Gasteiger partial charge is 0.455 e. The van der Waals surface area contributed by atoms with Crippen molar-refractivity contribution in [2.24, 2.45) is 11.8 Å². The summed E-state index contributed by atoms with van der Waals surface area (Å²) < 4.78 is 10.3. The molecule has 0 spiro atoms. The van der Waals surface area contributed by atoms with E-state index in [4.69, 9.17) is 9.26 Å². The summed E-state index contributed by atoms with van der Waals surface area (Å²) in [6.07, 6.45) is 1.12. The minimum Gasteiger partial charge on any atom is -0.455 e. The Morgan fingerprint density at radius 1 is 1.25 bits per heavy atom. The number of rotatable bonds is 4. The molecule has 6 heteroatoms. The van der Waals surface area contributed by atoms with Crippen molar-refractivity contribution in [1.82, 2.24) is 10.1 Å². The lowest BCUT2D eigenvalue weighted by atomic mass is 9.92. The quantitative estimate of drug-likeness (QED) is 0.805. The number of carbonyl (C=O) groups is 2. The summed E-state index contributed by atoms with van der Waals surface area (Å²) in [5, 5.41) is 4.69. The third kappa shape index (κ3) is 3.75. The molecule has 1 aromatic carbocycles. The van der Waals surface area contributed by atoms with Crippen LogP contribution < -0.4 is 0 Å². The first-order valence-corrected chi connectivity index (χ1v) is 8.29. The lowest BCUT2D eigenvalue weighted by Gasteiger charge is -2.34. The van der Waals surface area contributed by atoms with E-state index in [0.29, 0.717) is 23.1 Å². The number of aromatic nitrogens is 1. The Morgan fingerprint density at radius 2 is 1.96 bits per heavy atom. The molecule has 2 atom stereocenters. The number of amides is 1. The van der Waals surface area contributed by atoms with Crippen LogP contribution >= 0.6 is 0 Å². The predicted molar refractivity (Wildman–Crippen MR) is 88.2 cm³/mol. The van der Waals surface area contributed by atoms with Crippen LogP contribution in [0.5, 0.6) is 0 Å². The maximum atomic E-state index is 12.2. The number of hydrogen-bond acceptors (Lipinski definition) is 5. The van der Waals surface area contributed by atoms with Gasteiger partial charge in [0.05, 0.1) is 6.42 Å². The molecule has 2 heterocycles. The molecular formula is C18H22N2O4. The summed E-state index contributed by atoms with van der Waals surface area (Å²) in [7, 11) is 0. The van der Waals surface area contributed by atoms with Crippen LogP contribution in [-0.2, 0) is 20.7 Å². The molecule has 1 fully saturated rings. The Balaban J connectivity index is 1.53. The van der Waals surface area contributed by atoms with Crippen molar-refractivity contribution in [3.63, 3.8) is 0 Å². The van der Waals surface area contributed by atoms with Crippen LogP contribution in [0.1, 0.15) is 26.0 Å². The summed E-state index contributed by atoms with van der Waals surface area (Å²) >= 11 is 0. The molecule has 1 amide bonds. The highest BCUT2D eigenvalue weighted by molar-refractivity contribution is 5.85. The van der Waals surface area contributed by atoms with E-state index in [1.165, 1.54) is 0 Å². The van der Waals surface area contributed by atoms with Crippen molar-refractivity contribution >= 4 is 22.8 Å². The first-order valence-electron chi connectivity index (χ1n) is 8.29. The summed E-state index contributed by atoms with van der Waals surface area (Å²) in [6.45, 7) is 5.52.